The fourth-order valence-electron chi connectivity index (χ4n) is 2.52. The molecule has 0 heterocycles. The summed E-state index contributed by atoms with van der Waals surface area (Å²) in [5.74, 6) is 0. The molecule has 1 fully saturated rings. The third-order valence-corrected chi connectivity index (χ3v) is 4.04. The molecule has 0 aromatic heterocycles. The van der Waals surface area contributed by atoms with Crippen molar-refractivity contribution in [3.63, 3.8) is 0 Å². The van der Waals surface area contributed by atoms with E-state index >= 15 is 0 Å². The van der Waals surface area contributed by atoms with Crippen molar-refractivity contribution in [2.45, 2.75) is 71.5 Å². The molecule has 0 bridgehead atoms. The maximum atomic E-state index is 6.30. The van der Waals surface area contributed by atoms with E-state index in [4.69, 9.17) is 4.74 Å². The first-order valence-corrected chi connectivity index (χ1v) is 6.73. The number of hydrogen-bond acceptors (Lipinski definition) is 2. The maximum Gasteiger partial charge on any atom is 0.0779 e. The Morgan fingerprint density at radius 2 is 1.88 bits per heavy atom. The van der Waals surface area contributed by atoms with Crippen LogP contribution in [-0.2, 0) is 4.74 Å². The molecule has 0 aromatic rings. The van der Waals surface area contributed by atoms with Crippen LogP contribution in [0.3, 0.4) is 0 Å². The molecule has 1 aliphatic carbocycles. The third kappa shape index (κ3) is 4.06. The fourth-order valence-corrected chi connectivity index (χ4v) is 2.52. The Morgan fingerprint density at radius 3 is 2.31 bits per heavy atom. The Kier molecular flexibility index (Phi) is 4.81. The number of nitrogens with one attached hydrogen (secondary N) is 1. The van der Waals surface area contributed by atoms with Crippen LogP contribution < -0.4 is 5.32 Å². The van der Waals surface area contributed by atoms with E-state index in [-0.39, 0.29) is 5.60 Å². The fraction of sp³-hybridized carbons (Fsp3) is 1.00. The van der Waals surface area contributed by atoms with Crippen LogP contribution in [0.5, 0.6) is 0 Å². The second-order valence-corrected chi connectivity index (χ2v) is 6.32. The first-order chi connectivity index (χ1) is 7.41. The summed E-state index contributed by atoms with van der Waals surface area (Å²) in [5, 5.41) is 3.24. The van der Waals surface area contributed by atoms with Gasteiger partial charge in [-0.1, -0.05) is 20.8 Å². The smallest absolute Gasteiger partial charge is 0.0779 e. The zero-order valence-corrected chi connectivity index (χ0v) is 11.7. The lowest BCUT2D eigenvalue weighted by Crippen LogP contribution is -2.43. The minimum Gasteiger partial charge on any atom is -0.371 e. The highest BCUT2D eigenvalue weighted by Crippen LogP contribution is 2.37. The molecule has 0 saturated heterocycles. The molecule has 0 amide bonds. The molecule has 2 nitrogen and oxygen atoms in total. The summed E-state index contributed by atoms with van der Waals surface area (Å²) in [6.45, 7) is 10.1. The Bertz CT molecular complexity index is 205. The lowest BCUT2D eigenvalue weighted by Gasteiger charge is -2.39. The second kappa shape index (κ2) is 5.50. The number of likely N-dealkylation sites (N-methyl/N-ethyl adjacent to an activating group) is 1. The number of ether oxygens (including phenoxy) is 1. The normalized spacial score (nSPS) is 25.3. The highest BCUT2D eigenvalue weighted by Gasteiger charge is 2.32. The number of hydrogen-bond donors (Lipinski definition) is 1. The van der Waals surface area contributed by atoms with Gasteiger partial charge in [-0.15, -0.1) is 0 Å². The van der Waals surface area contributed by atoms with E-state index in [9.17, 15) is 0 Å². The topological polar surface area (TPSA) is 21.3 Å². The second-order valence-electron chi connectivity index (χ2n) is 6.32. The van der Waals surface area contributed by atoms with Gasteiger partial charge in [0.1, 0.15) is 0 Å². The van der Waals surface area contributed by atoms with E-state index in [0.29, 0.717) is 11.5 Å². The maximum absolute atomic E-state index is 6.30. The zero-order chi connectivity index (χ0) is 12.2. The molecule has 0 spiro atoms. The van der Waals surface area contributed by atoms with Crippen molar-refractivity contribution in [1.82, 2.24) is 5.32 Å². The van der Waals surface area contributed by atoms with E-state index in [0.717, 1.165) is 13.0 Å². The first kappa shape index (κ1) is 14.0. The summed E-state index contributed by atoms with van der Waals surface area (Å²) < 4.78 is 6.30. The SMILES string of the molecule is CCC(C)(CNC)OC1CCC(C)(C)CC1. The predicted octanol–water partition coefficient (Wildman–Crippen LogP) is 3.36. The van der Waals surface area contributed by atoms with Gasteiger partial charge in [-0.25, -0.2) is 0 Å². The van der Waals surface area contributed by atoms with Crippen LogP contribution in [0.15, 0.2) is 0 Å². The first-order valence-electron chi connectivity index (χ1n) is 6.73. The molecule has 16 heavy (non-hydrogen) atoms. The van der Waals surface area contributed by atoms with Crippen molar-refractivity contribution in [3.8, 4) is 0 Å². The lowest BCUT2D eigenvalue weighted by molar-refractivity contribution is -0.104. The molecule has 96 valence electrons. The van der Waals surface area contributed by atoms with Crippen molar-refractivity contribution in [2.75, 3.05) is 13.6 Å². The van der Waals surface area contributed by atoms with Gasteiger partial charge in [0.05, 0.1) is 11.7 Å². The van der Waals surface area contributed by atoms with Gasteiger partial charge in [0.15, 0.2) is 0 Å². The van der Waals surface area contributed by atoms with Gasteiger partial charge < -0.3 is 10.1 Å². The minimum atomic E-state index is 0.0148. The molecule has 0 aliphatic heterocycles. The van der Waals surface area contributed by atoms with E-state index in [1.54, 1.807) is 0 Å². The Balaban J connectivity index is 2.42. The molecule has 1 N–H and O–H groups in total. The van der Waals surface area contributed by atoms with Crippen LogP contribution in [0.4, 0.5) is 0 Å². The molecule has 1 unspecified atom stereocenters. The van der Waals surface area contributed by atoms with Gasteiger partial charge in [0, 0.05) is 6.54 Å². The van der Waals surface area contributed by atoms with Crippen LogP contribution in [-0.4, -0.2) is 25.3 Å². The Labute approximate surface area is 101 Å². The summed E-state index contributed by atoms with van der Waals surface area (Å²) in [7, 11) is 2.00. The van der Waals surface area contributed by atoms with Gasteiger partial charge in [-0.3, -0.25) is 0 Å². The van der Waals surface area contributed by atoms with Crippen LogP contribution in [0.2, 0.25) is 0 Å². The molecule has 1 rings (SSSR count). The molecule has 2 heteroatoms. The minimum absolute atomic E-state index is 0.0148. The summed E-state index contributed by atoms with van der Waals surface area (Å²) >= 11 is 0. The molecule has 1 aliphatic rings. The highest BCUT2D eigenvalue weighted by atomic mass is 16.5. The van der Waals surface area contributed by atoms with Gasteiger partial charge in [0.2, 0.25) is 0 Å². The van der Waals surface area contributed by atoms with Gasteiger partial charge in [0.25, 0.3) is 0 Å². The molecule has 1 saturated carbocycles. The van der Waals surface area contributed by atoms with Crippen molar-refractivity contribution in [1.29, 1.82) is 0 Å². The Hall–Kier alpha value is -0.0800. The van der Waals surface area contributed by atoms with Gasteiger partial charge in [-0.2, -0.15) is 0 Å². The van der Waals surface area contributed by atoms with E-state index in [2.05, 4.69) is 33.0 Å². The quantitative estimate of drug-likeness (QED) is 0.777. The van der Waals surface area contributed by atoms with E-state index < -0.39 is 0 Å². The highest BCUT2D eigenvalue weighted by molar-refractivity contribution is 4.83. The van der Waals surface area contributed by atoms with Crippen LogP contribution in [0.25, 0.3) is 0 Å². The van der Waals surface area contributed by atoms with Crippen LogP contribution in [0, 0.1) is 5.41 Å². The Morgan fingerprint density at radius 1 is 1.31 bits per heavy atom. The number of rotatable bonds is 5. The largest absolute Gasteiger partial charge is 0.371 e. The zero-order valence-electron chi connectivity index (χ0n) is 11.7. The average molecular weight is 227 g/mol. The monoisotopic (exact) mass is 227 g/mol. The summed E-state index contributed by atoms with van der Waals surface area (Å²) in [4.78, 5) is 0. The average Bonchev–Trinajstić information content (AvgIpc) is 2.22. The van der Waals surface area contributed by atoms with Gasteiger partial charge >= 0.3 is 0 Å². The molecule has 0 radical (unpaired) electrons. The predicted molar refractivity (Wildman–Crippen MR) is 69.7 cm³/mol. The summed E-state index contributed by atoms with van der Waals surface area (Å²) in [6.07, 6.45) is 6.62. The third-order valence-electron chi connectivity index (χ3n) is 4.04. The summed E-state index contributed by atoms with van der Waals surface area (Å²) in [5.41, 5.74) is 0.548. The van der Waals surface area contributed by atoms with Crippen LogP contribution in [0.1, 0.15) is 59.8 Å². The van der Waals surface area contributed by atoms with Crippen molar-refractivity contribution in [3.05, 3.63) is 0 Å². The molecule has 1 atom stereocenters. The van der Waals surface area contributed by atoms with Crippen molar-refractivity contribution >= 4 is 0 Å². The molecular weight excluding hydrogens is 198 g/mol. The summed E-state index contributed by atoms with van der Waals surface area (Å²) in [6, 6.07) is 0. The van der Waals surface area contributed by atoms with E-state index in [1.165, 1.54) is 25.7 Å². The lowest BCUT2D eigenvalue weighted by atomic mass is 9.76. The van der Waals surface area contributed by atoms with Gasteiger partial charge in [-0.05, 0) is 51.5 Å². The van der Waals surface area contributed by atoms with Crippen molar-refractivity contribution < 1.29 is 4.74 Å². The molecule has 0 aromatic carbocycles. The van der Waals surface area contributed by atoms with Crippen LogP contribution >= 0.6 is 0 Å². The van der Waals surface area contributed by atoms with E-state index in [1.807, 2.05) is 7.05 Å². The molecular formula is C14H29NO. The standard InChI is InChI=1S/C14H29NO/c1-6-14(4,11-15-5)16-12-7-9-13(2,3)10-8-12/h12,15H,6-11H2,1-5H3. The van der Waals surface area contributed by atoms with Crippen molar-refractivity contribution in [2.24, 2.45) is 5.41 Å².